The van der Waals surface area contributed by atoms with Gasteiger partial charge in [0.1, 0.15) is 4.32 Å². The molecule has 0 spiro atoms. The van der Waals surface area contributed by atoms with E-state index >= 15 is 0 Å². The summed E-state index contributed by atoms with van der Waals surface area (Å²) in [6.45, 7) is 0. The van der Waals surface area contributed by atoms with E-state index in [-0.39, 0.29) is 5.91 Å². The van der Waals surface area contributed by atoms with Crippen LogP contribution in [0.1, 0.15) is 5.56 Å². The number of benzene rings is 1. The monoisotopic (exact) mass is 260 g/mol. The number of rotatable bonds is 1. The summed E-state index contributed by atoms with van der Waals surface area (Å²) in [7, 11) is 0. The van der Waals surface area contributed by atoms with Gasteiger partial charge in [0.05, 0.1) is 4.91 Å². The number of aromatic nitrogens is 1. The highest BCUT2D eigenvalue weighted by molar-refractivity contribution is 8.26. The average Bonchev–Trinajstić information content (AvgIpc) is 2.85. The number of H-pyrrole nitrogens is 1. The topological polar surface area (TPSA) is 44.9 Å². The molecule has 17 heavy (non-hydrogen) atoms. The third-order valence-electron chi connectivity index (χ3n) is 2.55. The molecular formula is C12H8N2OS2. The van der Waals surface area contributed by atoms with Crippen LogP contribution in [0.3, 0.4) is 0 Å². The molecule has 1 saturated heterocycles. The van der Waals surface area contributed by atoms with E-state index in [0.29, 0.717) is 9.23 Å². The van der Waals surface area contributed by atoms with E-state index in [0.717, 1.165) is 16.5 Å². The van der Waals surface area contributed by atoms with Crippen molar-refractivity contribution in [2.24, 2.45) is 0 Å². The molecule has 1 fully saturated rings. The van der Waals surface area contributed by atoms with Crippen molar-refractivity contribution in [3.05, 3.63) is 40.9 Å². The third kappa shape index (κ3) is 1.87. The van der Waals surface area contributed by atoms with Gasteiger partial charge < -0.3 is 10.3 Å². The summed E-state index contributed by atoms with van der Waals surface area (Å²) in [6, 6.07) is 7.98. The second-order valence-corrected chi connectivity index (χ2v) is 5.36. The summed E-state index contributed by atoms with van der Waals surface area (Å²) in [5.41, 5.74) is 2.06. The van der Waals surface area contributed by atoms with Crippen molar-refractivity contribution in [2.75, 3.05) is 0 Å². The van der Waals surface area contributed by atoms with E-state index in [9.17, 15) is 4.79 Å². The molecule has 0 bridgehead atoms. The molecule has 1 aromatic carbocycles. The normalized spacial score (nSPS) is 18.0. The zero-order valence-corrected chi connectivity index (χ0v) is 10.3. The zero-order valence-electron chi connectivity index (χ0n) is 8.69. The lowest BCUT2D eigenvalue weighted by Gasteiger charge is -1.92. The lowest BCUT2D eigenvalue weighted by Crippen LogP contribution is -2.17. The van der Waals surface area contributed by atoms with Gasteiger partial charge in [-0.2, -0.15) is 0 Å². The number of carbonyl (C=O) groups is 1. The van der Waals surface area contributed by atoms with Crippen LogP contribution >= 0.6 is 24.0 Å². The molecule has 0 atom stereocenters. The summed E-state index contributed by atoms with van der Waals surface area (Å²) >= 11 is 6.25. The van der Waals surface area contributed by atoms with E-state index in [1.807, 2.05) is 36.5 Å². The zero-order chi connectivity index (χ0) is 11.8. The number of nitrogens with one attached hydrogen (secondary N) is 2. The first-order valence-electron chi connectivity index (χ1n) is 5.05. The molecule has 1 amide bonds. The molecule has 1 aromatic heterocycles. The first-order valence-corrected chi connectivity index (χ1v) is 6.27. The molecule has 0 saturated carbocycles. The Morgan fingerprint density at radius 2 is 2.12 bits per heavy atom. The van der Waals surface area contributed by atoms with E-state index in [2.05, 4.69) is 10.3 Å². The molecule has 84 valence electrons. The molecule has 0 aliphatic carbocycles. The van der Waals surface area contributed by atoms with Crippen molar-refractivity contribution in [1.82, 2.24) is 10.3 Å². The Kier molecular flexibility index (Phi) is 2.49. The Morgan fingerprint density at radius 1 is 1.29 bits per heavy atom. The van der Waals surface area contributed by atoms with Gasteiger partial charge in [0.2, 0.25) is 0 Å². The van der Waals surface area contributed by atoms with Crippen LogP contribution in [0.15, 0.2) is 35.4 Å². The maximum Gasteiger partial charge on any atom is 0.263 e. The second-order valence-electron chi connectivity index (χ2n) is 3.64. The van der Waals surface area contributed by atoms with E-state index in [1.54, 1.807) is 0 Å². The van der Waals surface area contributed by atoms with Gasteiger partial charge in [0.25, 0.3) is 5.91 Å². The van der Waals surface area contributed by atoms with Crippen molar-refractivity contribution >= 4 is 51.2 Å². The molecule has 2 heterocycles. The molecule has 5 heteroatoms. The molecule has 2 N–H and O–H groups in total. The van der Waals surface area contributed by atoms with Gasteiger partial charge in [0.15, 0.2) is 0 Å². The van der Waals surface area contributed by atoms with Crippen molar-refractivity contribution < 1.29 is 4.79 Å². The smallest absolute Gasteiger partial charge is 0.263 e. The lowest BCUT2D eigenvalue weighted by atomic mass is 10.1. The van der Waals surface area contributed by atoms with Crippen molar-refractivity contribution in [1.29, 1.82) is 0 Å². The van der Waals surface area contributed by atoms with Crippen molar-refractivity contribution in [2.45, 2.75) is 0 Å². The quantitative estimate of drug-likeness (QED) is 0.612. The fraction of sp³-hybridized carbons (Fsp3) is 0. The van der Waals surface area contributed by atoms with Crippen LogP contribution < -0.4 is 5.32 Å². The van der Waals surface area contributed by atoms with Crippen LogP contribution in [0.5, 0.6) is 0 Å². The first kappa shape index (κ1) is 10.6. The Morgan fingerprint density at radius 3 is 2.88 bits per heavy atom. The fourth-order valence-corrected chi connectivity index (χ4v) is 2.81. The Balaban J connectivity index is 2.08. The van der Waals surface area contributed by atoms with Gasteiger partial charge in [-0.1, -0.05) is 42.2 Å². The molecule has 3 rings (SSSR count). The number of fused-ring (bicyclic) bond motifs is 1. The molecule has 1 aliphatic rings. The summed E-state index contributed by atoms with van der Waals surface area (Å²) in [5, 5.41) is 3.71. The highest BCUT2D eigenvalue weighted by atomic mass is 32.2. The number of thioether (sulfide) groups is 1. The first-order chi connectivity index (χ1) is 8.24. The molecule has 3 nitrogen and oxygen atoms in total. The largest absolute Gasteiger partial charge is 0.361 e. The number of hydrogen-bond acceptors (Lipinski definition) is 3. The number of para-hydroxylation sites is 1. The highest BCUT2D eigenvalue weighted by Crippen LogP contribution is 2.28. The molecule has 1 aliphatic heterocycles. The van der Waals surface area contributed by atoms with Gasteiger partial charge >= 0.3 is 0 Å². The summed E-state index contributed by atoms with van der Waals surface area (Å²) < 4.78 is 0.515. The predicted molar refractivity (Wildman–Crippen MR) is 74.6 cm³/mol. The standard InChI is InChI=1S/C12H8N2OS2/c15-11-10(17-12(16)14-11)5-7-6-13-9-4-2-1-3-8(7)9/h1-6,13H,(H,14,15,16). The van der Waals surface area contributed by atoms with Gasteiger partial charge in [-0.15, -0.1) is 0 Å². The lowest BCUT2D eigenvalue weighted by molar-refractivity contribution is -0.115. The molecule has 0 unspecified atom stereocenters. The minimum absolute atomic E-state index is 0.120. The maximum atomic E-state index is 11.5. The van der Waals surface area contributed by atoms with Gasteiger partial charge in [-0.3, -0.25) is 4.79 Å². The van der Waals surface area contributed by atoms with E-state index < -0.39 is 0 Å². The number of aromatic amines is 1. The minimum Gasteiger partial charge on any atom is -0.361 e. The van der Waals surface area contributed by atoms with Crippen molar-refractivity contribution in [3.63, 3.8) is 0 Å². The molecular weight excluding hydrogens is 252 g/mol. The Bertz CT molecular complexity index is 657. The summed E-state index contributed by atoms with van der Waals surface area (Å²) in [4.78, 5) is 15.4. The maximum absolute atomic E-state index is 11.5. The number of thiocarbonyl (C=S) groups is 1. The van der Waals surface area contributed by atoms with Crippen LogP contribution in [0.25, 0.3) is 17.0 Å². The summed E-state index contributed by atoms with van der Waals surface area (Å²) in [6.07, 6.45) is 3.75. The average molecular weight is 260 g/mol. The van der Waals surface area contributed by atoms with E-state index in [1.165, 1.54) is 11.8 Å². The van der Waals surface area contributed by atoms with Gasteiger partial charge in [-0.05, 0) is 12.1 Å². The highest BCUT2D eigenvalue weighted by Gasteiger charge is 2.22. The van der Waals surface area contributed by atoms with Crippen LogP contribution in [0.2, 0.25) is 0 Å². The van der Waals surface area contributed by atoms with E-state index in [4.69, 9.17) is 12.2 Å². The number of amides is 1. The molecule has 2 aromatic rings. The van der Waals surface area contributed by atoms with Crippen LogP contribution in [0, 0.1) is 0 Å². The second kappa shape index (κ2) is 4.01. The minimum atomic E-state index is -0.120. The van der Waals surface area contributed by atoms with Gasteiger partial charge in [0, 0.05) is 22.7 Å². The van der Waals surface area contributed by atoms with Gasteiger partial charge in [-0.25, -0.2) is 0 Å². The van der Waals surface area contributed by atoms with Crippen LogP contribution in [-0.2, 0) is 4.79 Å². The van der Waals surface area contributed by atoms with Crippen molar-refractivity contribution in [3.8, 4) is 0 Å². The third-order valence-corrected chi connectivity index (χ3v) is 3.71. The van der Waals surface area contributed by atoms with Crippen LogP contribution in [0.4, 0.5) is 0 Å². The Labute approximate surface area is 107 Å². The summed E-state index contributed by atoms with van der Waals surface area (Å²) in [5.74, 6) is -0.120. The molecule has 0 radical (unpaired) electrons. The fourth-order valence-electron chi connectivity index (χ4n) is 1.78. The number of hydrogen-bond donors (Lipinski definition) is 2. The predicted octanol–water partition coefficient (Wildman–Crippen LogP) is 2.66. The SMILES string of the molecule is O=C1NC(=S)SC1=Cc1c[nH]c2ccccc12. The van der Waals surface area contributed by atoms with Crippen LogP contribution in [-0.4, -0.2) is 15.2 Å². The number of carbonyl (C=O) groups excluding carboxylic acids is 1. The Hall–Kier alpha value is -1.59.